The van der Waals surface area contributed by atoms with Crippen molar-refractivity contribution in [3.63, 3.8) is 0 Å². The van der Waals surface area contributed by atoms with Gasteiger partial charge in [-0.3, -0.25) is 0 Å². The van der Waals surface area contributed by atoms with E-state index in [0.717, 1.165) is 0 Å². The standard InChI is InChI=1S/C4H7F2NO3/c5-4(6,2-8)1-7-3(9)10/h7-8H,1-2H2,(H,9,10). The van der Waals surface area contributed by atoms with Crippen molar-refractivity contribution in [2.75, 3.05) is 13.2 Å². The van der Waals surface area contributed by atoms with Crippen LogP contribution in [0.5, 0.6) is 0 Å². The van der Waals surface area contributed by atoms with Crippen molar-refractivity contribution in [3.8, 4) is 0 Å². The molecule has 3 N–H and O–H groups in total. The number of amides is 1. The van der Waals surface area contributed by atoms with Gasteiger partial charge in [0.05, 0.1) is 6.54 Å². The predicted molar refractivity (Wildman–Crippen MR) is 28.1 cm³/mol. The predicted octanol–water partition coefficient (Wildman–Crippen LogP) is -0.118. The van der Waals surface area contributed by atoms with Crippen LogP contribution in [0.4, 0.5) is 13.6 Å². The van der Waals surface area contributed by atoms with E-state index in [0.29, 0.717) is 0 Å². The average Bonchev–Trinajstić information content (AvgIpc) is 1.85. The summed E-state index contributed by atoms with van der Waals surface area (Å²) < 4.78 is 23.9. The second kappa shape index (κ2) is 3.31. The number of carboxylic acid groups (broad SMARTS) is 1. The second-order valence-corrected chi connectivity index (χ2v) is 1.67. The number of aliphatic hydroxyl groups excluding tert-OH is 1. The molecule has 0 unspecified atom stereocenters. The number of hydrogen-bond donors (Lipinski definition) is 3. The zero-order valence-electron chi connectivity index (χ0n) is 4.97. The van der Waals surface area contributed by atoms with Gasteiger partial charge in [-0.2, -0.15) is 0 Å². The fraction of sp³-hybridized carbons (Fsp3) is 0.750. The van der Waals surface area contributed by atoms with E-state index in [1.807, 2.05) is 0 Å². The summed E-state index contributed by atoms with van der Waals surface area (Å²) in [5.41, 5.74) is 0. The van der Waals surface area contributed by atoms with Crippen molar-refractivity contribution in [1.82, 2.24) is 5.32 Å². The normalized spacial score (nSPS) is 11.1. The van der Waals surface area contributed by atoms with Crippen LogP contribution < -0.4 is 5.32 Å². The summed E-state index contributed by atoms with van der Waals surface area (Å²) in [5, 5.41) is 17.2. The summed E-state index contributed by atoms with van der Waals surface area (Å²) in [5.74, 6) is -3.36. The number of halogens is 2. The maximum Gasteiger partial charge on any atom is 0.404 e. The maximum absolute atomic E-state index is 11.9. The monoisotopic (exact) mass is 155 g/mol. The van der Waals surface area contributed by atoms with Gasteiger partial charge in [-0.15, -0.1) is 0 Å². The van der Waals surface area contributed by atoms with E-state index in [4.69, 9.17) is 10.2 Å². The van der Waals surface area contributed by atoms with Crippen LogP contribution in [0, 0.1) is 0 Å². The molecule has 0 atom stereocenters. The molecule has 0 aliphatic heterocycles. The third-order valence-corrected chi connectivity index (χ3v) is 0.730. The smallest absolute Gasteiger partial charge is 0.404 e. The highest BCUT2D eigenvalue weighted by Gasteiger charge is 2.27. The number of aliphatic hydroxyl groups is 1. The van der Waals surface area contributed by atoms with E-state index >= 15 is 0 Å². The average molecular weight is 155 g/mol. The minimum absolute atomic E-state index is 1.06. The molecule has 60 valence electrons. The molecule has 0 heterocycles. The minimum Gasteiger partial charge on any atom is -0.465 e. The number of hydrogen-bond acceptors (Lipinski definition) is 2. The Kier molecular flexibility index (Phi) is 3.01. The molecular weight excluding hydrogens is 148 g/mol. The van der Waals surface area contributed by atoms with Crippen LogP contribution in [0.2, 0.25) is 0 Å². The van der Waals surface area contributed by atoms with Gasteiger partial charge in [0.2, 0.25) is 0 Å². The lowest BCUT2D eigenvalue weighted by atomic mass is 10.4. The van der Waals surface area contributed by atoms with Crippen LogP contribution in [-0.4, -0.2) is 35.4 Å². The maximum atomic E-state index is 11.9. The molecule has 0 aromatic rings. The van der Waals surface area contributed by atoms with Crippen LogP contribution in [0.15, 0.2) is 0 Å². The molecule has 4 nitrogen and oxygen atoms in total. The molecule has 0 rings (SSSR count). The number of carbonyl (C=O) groups is 1. The first-order valence-corrected chi connectivity index (χ1v) is 2.43. The summed E-state index contributed by atoms with van der Waals surface area (Å²) >= 11 is 0. The van der Waals surface area contributed by atoms with Crippen LogP contribution in [0.1, 0.15) is 0 Å². The molecule has 0 saturated heterocycles. The lowest BCUT2D eigenvalue weighted by Gasteiger charge is -2.11. The lowest BCUT2D eigenvalue weighted by Crippen LogP contribution is -2.38. The summed E-state index contributed by atoms with van der Waals surface area (Å²) in [6.07, 6.45) is -1.53. The van der Waals surface area contributed by atoms with Crippen molar-refractivity contribution in [2.45, 2.75) is 5.92 Å². The summed E-state index contributed by atoms with van der Waals surface area (Å²) in [6.45, 7) is -2.41. The highest BCUT2D eigenvalue weighted by atomic mass is 19.3. The van der Waals surface area contributed by atoms with Gasteiger partial charge in [0.25, 0.3) is 5.92 Å². The Bertz CT molecular complexity index is 128. The molecular formula is C4H7F2NO3. The molecule has 0 radical (unpaired) electrons. The zero-order chi connectivity index (χ0) is 8.20. The molecule has 0 fully saturated rings. The Morgan fingerprint density at radius 2 is 2.10 bits per heavy atom. The molecule has 10 heavy (non-hydrogen) atoms. The van der Waals surface area contributed by atoms with E-state index in [2.05, 4.69) is 0 Å². The second-order valence-electron chi connectivity index (χ2n) is 1.67. The van der Waals surface area contributed by atoms with Gasteiger partial charge >= 0.3 is 6.09 Å². The van der Waals surface area contributed by atoms with Crippen LogP contribution in [0.3, 0.4) is 0 Å². The van der Waals surface area contributed by atoms with E-state index < -0.39 is 25.2 Å². The van der Waals surface area contributed by atoms with Crippen molar-refractivity contribution >= 4 is 6.09 Å². The number of alkyl halides is 2. The van der Waals surface area contributed by atoms with Gasteiger partial charge in [-0.05, 0) is 0 Å². The van der Waals surface area contributed by atoms with Crippen LogP contribution >= 0.6 is 0 Å². The first-order valence-electron chi connectivity index (χ1n) is 2.43. The lowest BCUT2D eigenvalue weighted by molar-refractivity contribution is -0.0464. The van der Waals surface area contributed by atoms with Crippen LogP contribution in [-0.2, 0) is 0 Å². The van der Waals surface area contributed by atoms with Gasteiger partial charge in [-0.1, -0.05) is 0 Å². The zero-order valence-corrected chi connectivity index (χ0v) is 4.97. The van der Waals surface area contributed by atoms with Gasteiger partial charge in [0, 0.05) is 0 Å². The third kappa shape index (κ3) is 4.02. The molecule has 1 amide bonds. The van der Waals surface area contributed by atoms with Gasteiger partial charge < -0.3 is 15.5 Å². The molecule has 6 heteroatoms. The molecule has 0 aliphatic carbocycles. The largest absolute Gasteiger partial charge is 0.465 e. The third-order valence-electron chi connectivity index (χ3n) is 0.730. The topological polar surface area (TPSA) is 69.6 Å². The quantitative estimate of drug-likeness (QED) is 0.532. The van der Waals surface area contributed by atoms with E-state index in [9.17, 15) is 13.6 Å². The Balaban J connectivity index is 3.56. The fourth-order valence-electron chi connectivity index (χ4n) is 0.261. The molecule has 0 spiro atoms. The molecule has 0 aromatic carbocycles. The van der Waals surface area contributed by atoms with Crippen LogP contribution in [0.25, 0.3) is 0 Å². The highest BCUT2D eigenvalue weighted by Crippen LogP contribution is 2.09. The summed E-state index contributed by atoms with van der Waals surface area (Å²) in [4.78, 5) is 9.64. The van der Waals surface area contributed by atoms with E-state index in [-0.39, 0.29) is 0 Å². The van der Waals surface area contributed by atoms with Gasteiger partial charge in [0.15, 0.2) is 0 Å². The van der Waals surface area contributed by atoms with E-state index in [1.165, 1.54) is 5.32 Å². The SMILES string of the molecule is O=C(O)NCC(F)(F)CO. The Labute approximate surface area is 55.5 Å². The first kappa shape index (κ1) is 9.09. The summed E-state index contributed by atoms with van der Waals surface area (Å²) in [6, 6.07) is 0. The van der Waals surface area contributed by atoms with Gasteiger partial charge in [-0.25, -0.2) is 13.6 Å². The summed E-state index contributed by atoms with van der Waals surface area (Å²) in [7, 11) is 0. The molecule has 0 aromatic heterocycles. The Morgan fingerprint density at radius 3 is 2.40 bits per heavy atom. The van der Waals surface area contributed by atoms with E-state index in [1.54, 1.807) is 0 Å². The van der Waals surface area contributed by atoms with Crippen molar-refractivity contribution in [2.24, 2.45) is 0 Å². The van der Waals surface area contributed by atoms with Crippen molar-refractivity contribution in [3.05, 3.63) is 0 Å². The Hall–Kier alpha value is -0.910. The number of nitrogens with one attached hydrogen (secondary N) is 1. The van der Waals surface area contributed by atoms with Gasteiger partial charge in [0.1, 0.15) is 6.61 Å². The van der Waals surface area contributed by atoms with Crippen molar-refractivity contribution in [1.29, 1.82) is 0 Å². The first-order chi connectivity index (χ1) is 4.48. The molecule has 0 saturated carbocycles. The molecule has 0 aliphatic rings. The Morgan fingerprint density at radius 1 is 1.60 bits per heavy atom. The fourth-order valence-corrected chi connectivity index (χ4v) is 0.261. The molecule has 0 bridgehead atoms. The highest BCUT2D eigenvalue weighted by molar-refractivity contribution is 5.64. The minimum atomic E-state index is -3.36. The number of rotatable bonds is 3. The van der Waals surface area contributed by atoms with Crippen molar-refractivity contribution < 1.29 is 23.8 Å².